The molecule has 0 saturated heterocycles. The summed E-state index contributed by atoms with van der Waals surface area (Å²) < 4.78 is 6.29. The molecule has 0 spiro atoms. The number of hydrogen-bond donors (Lipinski definition) is 0. The lowest BCUT2D eigenvalue weighted by molar-refractivity contribution is 0.669. The van der Waals surface area contributed by atoms with Crippen LogP contribution >= 0.6 is 0 Å². The molecule has 11 rings (SSSR count). The number of fused-ring (bicyclic) bond motifs is 6. The van der Waals surface area contributed by atoms with Gasteiger partial charge in [-0.15, -0.1) is 0 Å². The second-order valence-corrected chi connectivity index (χ2v) is 13.5. The van der Waals surface area contributed by atoms with Crippen LogP contribution in [-0.2, 0) is 0 Å². The van der Waals surface area contributed by atoms with Gasteiger partial charge in [0.25, 0.3) is 0 Å². The Morgan fingerprint density at radius 1 is 0.321 bits per heavy atom. The molecule has 1 aliphatic carbocycles. The summed E-state index contributed by atoms with van der Waals surface area (Å²) in [6.45, 7) is 0. The van der Waals surface area contributed by atoms with E-state index in [4.69, 9.17) is 19.4 Å². The molecule has 246 valence electrons. The van der Waals surface area contributed by atoms with Crippen molar-refractivity contribution >= 4 is 32.7 Å². The predicted molar refractivity (Wildman–Crippen MR) is 216 cm³/mol. The highest BCUT2D eigenvalue weighted by Gasteiger charge is 2.29. The Bertz CT molecular complexity index is 3050. The fourth-order valence-corrected chi connectivity index (χ4v) is 8.14. The molecule has 0 unspecified atom stereocenters. The summed E-state index contributed by atoms with van der Waals surface area (Å²) in [6, 6.07) is 61.5. The lowest BCUT2D eigenvalue weighted by Crippen LogP contribution is -2.01. The van der Waals surface area contributed by atoms with Crippen molar-refractivity contribution in [2.75, 3.05) is 0 Å². The molecule has 4 nitrogen and oxygen atoms in total. The van der Waals surface area contributed by atoms with Crippen LogP contribution in [0.5, 0.6) is 0 Å². The van der Waals surface area contributed by atoms with E-state index in [2.05, 4.69) is 127 Å². The summed E-state index contributed by atoms with van der Waals surface area (Å²) in [5.41, 5.74) is 13.9. The van der Waals surface area contributed by atoms with Gasteiger partial charge in [-0.3, -0.25) is 0 Å². The normalized spacial score (nSPS) is 11.8. The number of nitrogens with zero attached hydrogens (tertiary/aromatic N) is 3. The molecule has 0 atom stereocenters. The SMILES string of the molecule is c1ccc(-c2cccc(-c3ccc(-c4nc(-c5ccccc5)nc(-c5cccc6oc7ccccc7c56)n4)c4c3-c3cccc5cccc-4c35)c2)cc1. The molecule has 0 aliphatic heterocycles. The molecule has 1 aliphatic rings. The van der Waals surface area contributed by atoms with Crippen LogP contribution in [0.15, 0.2) is 180 Å². The van der Waals surface area contributed by atoms with Crippen LogP contribution in [0.3, 0.4) is 0 Å². The van der Waals surface area contributed by atoms with Crippen LogP contribution in [0.25, 0.3) is 111 Å². The van der Waals surface area contributed by atoms with E-state index in [1.54, 1.807) is 0 Å². The first kappa shape index (κ1) is 29.5. The molecular formula is C49H29N3O. The second kappa shape index (κ2) is 11.7. The number of para-hydroxylation sites is 1. The monoisotopic (exact) mass is 675 g/mol. The van der Waals surface area contributed by atoms with E-state index in [1.165, 1.54) is 49.7 Å². The second-order valence-electron chi connectivity index (χ2n) is 13.5. The molecule has 0 radical (unpaired) electrons. The highest BCUT2D eigenvalue weighted by Crippen LogP contribution is 2.54. The maximum atomic E-state index is 6.29. The van der Waals surface area contributed by atoms with Crippen LogP contribution in [0.2, 0.25) is 0 Å². The van der Waals surface area contributed by atoms with Crippen molar-refractivity contribution in [3.05, 3.63) is 176 Å². The van der Waals surface area contributed by atoms with Crippen LogP contribution in [-0.4, -0.2) is 15.0 Å². The minimum atomic E-state index is 0.605. The number of hydrogen-bond acceptors (Lipinski definition) is 4. The molecule has 0 saturated carbocycles. The van der Waals surface area contributed by atoms with Gasteiger partial charge in [0.2, 0.25) is 0 Å². The highest BCUT2D eigenvalue weighted by atomic mass is 16.3. The number of furan rings is 1. The first-order valence-corrected chi connectivity index (χ1v) is 17.9. The molecule has 0 amide bonds. The lowest BCUT2D eigenvalue weighted by atomic mass is 9.89. The van der Waals surface area contributed by atoms with Crippen molar-refractivity contribution < 1.29 is 4.42 Å². The smallest absolute Gasteiger partial charge is 0.164 e. The third kappa shape index (κ3) is 4.66. The van der Waals surface area contributed by atoms with Gasteiger partial charge in [0.1, 0.15) is 11.2 Å². The van der Waals surface area contributed by atoms with Crippen LogP contribution in [0.1, 0.15) is 0 Å². The van der Waals surface area contributed by atoms with Crippen LogP contribution < -0.4 is 0 Å². The molecule has 53 heavy (non-hydrogen) atoms. The Hall–Kier alpha value is -7.17. The van der Waals surface area contributed by atoms with Gasteiger partial charge in [0, 0.05) is 33.0 Å². The average molecular weight is 676 g/mol. The van der Waals surface area contributed by atoms with Gasteiger partial charge in [-0.05, 0) is 74.0 Å². The third-order valence-electron chi connectivity index (χ3n) is 10.5. The summed E-state index contributed by atoms with van der Waals surface area (Å²) >= 11 is 0. The first-order chi connectivity index (χ1) is 26.3. The molecule has 0 bridgehead atoms. The minimum absolute atomic E-state index is 0.605. The van der Waals surface area contributed by atoms with Crippen molar-refractivity contribution in [2.24, 2.45) is 0 Å². The van der Waals surface area contributed by atoms with Gasteiger partial charge in [-0.2, -0.15) is 0 Å². The zero-order valence-electron chi connectivity index (χ0n) is 28.5. The highest BCUT2D eigenvalue weighted by molar-refractivity contribution is 6.21. The Morgan fingerprint density at radius 3 is 1.66 bits per heavy atom. The fraction of sp³-hybridized carbons (Fsp3) is 0. The molecule has 8 aromatic carbocycles. The van der Waals surface area contributed by atoms with E-state index >= 15 is 0 Å². The molecule has 2 aromatic heterocycles. The Balaban J connectivity index is 1.19. The van der Waals surface area contributed by atoms with E-state index in [1.807, 2.05) is 48.5 Å². The predicted octanol–water partition coefficient (Wildman–Crippen LogP) is 12.9. The first-order valence-electron chi connectivity index (χ1n) is 17.9. The summed E-state index contributed by atoms with van der Waals surface area (Å²) in [5, 5.41) is 4.50. The fourth-order valence-electron chi connectivity index (χ4n) is 8.14. The maximum absolute atomic E-state index is 6.29. The number of aromatic nitrogens is 3. The van der Waals surface area contributed by atoms with Gasteiger partial charge in [-0.25, -0.2) is 15.0 Å². The van der Waals surface area contributed by atoms with Gasteiger partial charge < -0.3 is 4.42 Å². The Kier molecular flexibility index (Phi) is 6.52. The van der Waals surface area contributed by atoms with Gasteiger partial charge in [0.15, 0.2) is 17.5 Å². The summed E-state index contributed by atoms with van der Waals surface area (Å²) in [4.78, 5) is 15.7. The van der Waals surface area contributed by atoms with Crippen molar-refractivity contribution in [1.82, 2.24) is 15.0 Å². The standard InChI is InChI=1S/C49H29N3O/c1-3-13-30(14-4-1)33-19-9-20-34(29-33)35-27-28-40(46-38-23-11-18-31-17-10-22-37(43(31)38)45(35)46)49-51-47(32-15-5-2-6-16-32)50-48(52-49)39-24-12-26-42-44(39)36-21-7-8-25-41(36)53-42/h1-29H. The van der Waals surface area contributed by atoms with Gasteiger partial charge in [0.05, 0.1) is 0 Å². The van der Waals surface area contributed by atoms with Gasteiger partial charge in [-0.1, -0.05) is 152 Å². The molecule has 0 N–H and O–H groups in total. The van der Waals surface area contributed by atoms with Crippen molar-refractivity contribution in [2.45, 2.75) is 0 Å². The maximum Gasteiger partial charge on any atom is 0.164 e. The van der Waals surface area contributed by atoms with Crippen molar-refractivity contribution in [3.63, 3.8) is 0 Å². The molecule has 2 heterocycles. The quantitative estimate of drug-likeness (QED) is 0.182. The Labute approximate surface area is 305 Å². The number of benzene rings is 8. The van der Waals surface area contributed by atoms with E-state index in [-0.39, 0.29) is 0 Å². The van der Waals surface area contributed by atoms with E-state index in [0.717, 1.165) is 44.2 Å². The van der Waals surface area contributed by atoms with Crippen molar-refractivity contribution in [3.8, 4) is 78.7 Å². The minimum Gasteiger partial charge on any atom is -0.456 e. The van der Waals surface area contributed by atoms with Crippen molar-refractivity contribution in [1.29, 1.82) is 0 Å². The molecular weight excluding hydrogens is 647 g/mol. The van der Waals surface area contributed by atoms with Crippen LogP contribution in [0.4, 0.5) is 0 Å². The van der Waals surface area contributed by atoms with Gasteiger partial charge >= 0.3 is 0 Å². The van der Waals surface area contributed by atoms with Crippen LogP contribution in [0, 0.1) is 0 Å². The van der Waals surface area contributed by atoms with E-state index in [0.29, 0.717) is 17.5 Å². The van der Waals surface area contributed by atoms with E-state index in [9.17, 15) is 0 Å². The largest absolute Gasteiger partial charge is 0.456 e. The molecule has 4 heteroatoms. The van der Waals surface area contributed by atoms with E-state index < -0.39 is 0 Å². The zero-order chi connectivity index (χ0) is 34.9. The average Bonchev–Trinajstić information content (AvgIpc) is 3.79. The lowest BCUT2D eigenvalue weighted by Gasteiger charge is -2.16. The summed E-state index contributed by atoms with van der Waals surface area (Å²) in [7, 11) is 0. The topological polar surface area (TPSA) is 51.8 Å². The zero-order valence-corrected chi connectivity index (χ0v) is 28.5. The Morgan fingerprint density at radius 2 is 0.868 bits per heavy atom. The number of rotatable bonds is 5. The molecule has 10 aromatic rings. The summed E-state index contributed by atoms with van der Waals surface area (Å²) in [5.74, 6) is 1.86. The summed E-state index contributed by atoms with van der Waals surface area (Å²) in [6.07, 6.45) is 0. The molecule has 0 fully saturated rings. The third-order valence-corrected chi connectivity index (χ3v) is 10.5.